The molecule has 0 spiro atoms. The van der Waals surface area contributed by atoms with E-state index in [1.165, 1.54) is 35.5 Å². The van der Waals surface area contributed by atoms with Crippen LogP contribution in [0.3, 0.4) is 0 Å². The fourth-order valence-electron chi connectivity index (χ4n) is 4.20. The number of nitrogens with zero attached hydrogens (tertiary/aromatic N) is 1. The number of Topliss-reactive ketones (excluding diaryl/α,β-unsaturated/α-hetero) is 1. The average molecular weight is 552 g/mol. The number of rotatable bonds is 6. The average Bonchev–Trinajstić information content (AvgIpc) is 3.51. The molecule has 1 saturated heterocycles. The standard InChI is InChI=1S/C28H19Cl2NO5S/c1-35-27-20(14-16(29)15-21(27)30)25(32)23-24(22-8-5-13-37-22)31(28(34)26(23)33)17-9-11-19(12-10-17)36-18-6-3-2-4-7-18/h2-15,24,32H,1H3/b25-23-. The molecule has 1 aromatic heterocycles. The summed E-state index contributed by atoms with van der Waals surface area (Å²) >= 11 is 13.8. The van der Waals surface area contributed by atoms with Crippen molar-refractivity contribution in [2.45, 2.75) is 6.04 Å². The number of benzene rings is 3. The smallest absolute Gasteiger partial charge is 0.300 e. The van der Waals surface area contributed by atoms with Gasteiger partial charge in [-0.15, -0.1) is 11.3 Å². The van der Waals surface area contributed by atoms with Crippen molar-refractivity contribution in [2.75, 3.05) is 12.0 Å². The number of thiophene rings is 1. The monoisotopic (exact) mass is 551 g/mol. The van der Waals surface area contributed by atoms with E-state index in [4.69, 9.17) is 32.7 Å². The lowest BCUT2D eigenvalue weighted by Crippen LogP contribution is -2.29. The van der Waals surface area contributed by atoms with E-state index < -0.39 is 23.5 Å². The first-order valence-electron chi connectivity index (χ1n) is 11.1. The molecule has 9 heteroatoms. The van der Waals surface area contributed by atoms with Crippen LogP contribution >= 0.6 is 34.5 Å². The molecule has 1 atom stereocenters. The number of methoxy groups -OCH3 is 1. The van der Waals surface area contributed by atoms with Crippen molar-refractivity contribution in [3.05, 3.63) is 110 Å². The quantitative estimate of drug-likeness (QED) is 0.153. The highest BCUT2D eigenvalue weighted by atomic mass is 35.5. The fourth-order valence-corrected chi connectivity index (χ4v) is 5.60. The summed E-state index contributed by atoms with van der Waals surface area (Å²) in [5.74, 6) is -0.657. The molecular weight excluding hydrogens is 533 g/mol. The minimum absolute atomic E-state index is 0.0892. The summed E-state index contributed by atoms with van der Waals surface area (Å²) < 4.78 is 11.2. The van der Waals surface area contributed by atoms with Gasteiger partial charge in [-0.25, -0.2) is 0 Å². The summed E-state index contributed by atoms with van der Waals surface area (Å²) in [5, 5.41) is 13.6. The van der Waals surface area contributed by atoms with Gasteiger partial charge in [-0.2, -0.15) is 0 Å². The number of amides is 1. The van der Waals surface area contributed by atoms with Crippen molar-refractivity contribution in [3.8, 4) is 17.2 Å². The molecule has 2 heterocycles. The number of para-hydroxylation sites is 1. The molecule has 1 aliphatic heterocycles. The molecule has 1 N–H and O–H groups in total. The molecule has 1 unspecified atom stereocenters. The Bertz CT molecular complexity index is 1500. The van der Waals surface area contributed by atoms with Gasteiger partial charge in [-0.1, -0.05) is 47.5 Å². The largest absolute Gasteiger partial charge is 0.507 e. The predicted molar refractivity (Wildman–Crippen MR) is 145 cm³/mol. The van der Waals surface area contributed by atoms with Crippen LogP contribution in [-0.4, -0.2) is 23.9 Å². The van der Waals surface area contributed by atoms with Crippen molar-refractivity contribution >= 4 is 57.7 Å². The number of carbonyl (C=O) groups excluding carboxylic acids is 2. The van der Waals surface area contributed by atoms with Crippen molar-refractivity contribution in [1.82, 2.24) is 0 Å². The Morgan fingerprint density at radius 3 is 2.30 bits per heavy atom. The number of hydrogen-bond donors (Lipinski definition) is 1. The van der Waals surface area contributed by atoms with Crippen LogP contribution in [0.1, 0.15) is 16.5 Å². The van der Waals surface area contributed by atoms with Crippen LogP contribution in [0, 0.1) is 0 Å². The Kier molecular flexibility index (Phi) is 6.93. The van der Waals surface area contributed by atoms with Crippen LogP contribution in [-0.2, 0) is 9.59 Å². The first-order chi connectivity index (χ1) is 17.9. The molecule has 1 fully saturated rings. The molecular formula is C28H19Cl2NO5S. The van der Waals surface area contributed by atoms with Crippen LogP contribution in [0.5, 0.6) is 17.2 Å². The highest BCUT2D eigenvalue weighted by Gasteiger charge is 2.47. The zero-order valence-electron chi connectivity index (χ0n) is 19.4. The van der Waals surface area contributed by atoms with E-state index >= 15 is 0 Å². The molecule has 0 bridgehead atoms. The number of ketones is 1. The maximum Gasteiger partial charge on any atom is 0.300 e. The topological polar surface area (TPSA) is 76.1 Å². The van der Waals surface area contributed by atoms with Crippen LogP contribution in [0.4, 0.5) is 5.69 Å². The minimum Gasteiger partial charge on any atom is -0.507 e. The lowest BCUT2D eigenvalue weighted by atomic mass is 9.99. The van der Waals surface area contributed by atoms with E-state index in [2.05, 4.69) is 0 Å². The van der Waals surface area contributed by atoms with Crippen LogP contribution in [0.2, 0.25) is 10.0 Å². The van der Waals surface area contributed by atoms with E-state index in [-0.39, 0.29) is 26.9 Å². The first-order valence-corrected chi connectivity index (χ1v) is 12.7. The van der Waals surface area contributed by atoms with Crippen LogP contribution < -0.4 is 14.4 Å². The van der Waals surface area contributed by atoms with Gasteiger partial charge in [0, 0.05) is 15.6 Å². The summed E-state index contributed by atoms with van der Waals surface area (Å²) in [5.41, 5.74) is 0.496. The van der Waals surface area contributed by atoms with Crippen LogP contribution in [0.15, 0.2) is 89.8 Å². The van der Waals surface area contributed by atoms with Crippen molar-refractivity contribution in [2.24, 2.45) is 0 Å². The molecule has 0 saturated carbocycles. The van der Waals surface area contributed by atoms with Gasteiger partial charge in [-0.3, -0.25) is 14.5 Å². The molecule has 0 aliphatic carbocycles. The number of aliphatic hydroxyl groups is 1. The zero-order chi connectivity index (χ0) is 26.1. The third-order valence-corrected chi connectivity index (χ3v) is 7.24. The maximum atomic E-state index is 13.4. The third-order valence-electron chi connectivity index (χ3n) is 5.82. The van der Waals surface area contributed by atoms with Gasteiger partial charge >= 0.3 is 0 Å². The second-order valence-corrected chi connectivity index (χ2v) is 9.88. The van der Waals surface area contributed by atoms with Crippen molar-refractivity contribution in [3.63, 3.8) is 0 Å². The van der Waals surface area contributed by atoms with E-state index in [1.807, 2.05) is 41.8 Å². The number of hydrogen-bond acceptors (Lipinski definition) is 6. The van der Waals surface area contributed by atoms with Gasteiger partial charge in [0.25, 0.3) is 11.7 Å². The van der Waals surface area contributed by atoms with Gasteiger partial charge in [0.15, 0.2) is 0 Å². The second kappa shape index (κ2) is 10.3. The maximum absolute atomic E-state index is 13.4. The normalized spacial score (nSPS) is 16.7. The van der Waals surface area contributed by atoms with Gasteiger partial charge < -0.3 is 14.6 Å². The zero-order valence-corrected chi connectivity index (χ0v) is 21.7. The highest BCUT2D eigenvalue weighted by molar-refractivity contribution is 7.10. The van der Waals surface area contributed by atoms with Gasteiger partial charge in [0.2, 0.25) is 0 Å². The Morgan fingerprint density at radius 2 is 1.65 bits per heavy atom. The molecule has 0 radical (unpaired) electrons. The summed E-state index contributed by atoms with van der Waals surface area (Å²) in [6.45, 7) is 0. The molecule has 37 heavy (non-hydrogen) atoms. The van der Waals surface area contributed by atoms with E-state index in [0.29, 0.717) is 22.1 Å². The van der Waals surface area contributed by atoms with Crippen molar-refractivity contribution in [1.29, 1.82) is 0 Å². The summed E-state index contributed by atoms with van der Waals surface area (Å²) in [6, 6.07) is 21.8. The minimum atomic E-state index is -0.872. The number of carbonyl (C=O) groups is 2. The summed E-state index contributed by atoms with van der Waals surface area (Å²) in [6.07, 6.45) is 0. The summed E-state index contributed by atoms with van der Waals surface area (Å²) in [7, 11) is 1.39. The predicted octanol–water partition coefficient (Wildman–Crippen LogP) is 7.48. The molecule has 6 nitrogen and oxygen atoms in total. The number of ether oxygens (including phenoxy) is 2. The SMILES string of the molecule is COc1c(Cl)cc(Cl)cc1/C(O)=C1/C(=O)C(=O)N(c2ccc(Oc3ccccc3)cc2)C1c1cccs1. The molecule has 1 amide bonds. The van der Waals surface area contributed by atoms with E-state index in [9.17, 15) is 14.7 Å². The third kappa shape index (κ3) is 4.69. The first kappa shape index (κ1) is 24.9. The fraction of sp³-hybridized carbons (Fsp3) is 0.0714. The Hall–Kier alpha value is -3.78. The lowest BCUT2D eigenvalue weighted by molar-refractivity contribution is -0.132. The van der Waals surface area contributed by atoms with Crippen molar-refractivity contribution < 1.29 is 24.2 Å². The molecule has 1 aliphatic rings. The number of anilines is 1. The lowest BCUT2D eigenvalue weighted by Gasteiger charge is -2.24. The van der Waals surface area contributed by atoms with Crippen LogP contribution in [0.25, 0.3) is 5.76 Å². The van der Waals surface area contributed by atoms with E-state index in [0.717, 1.165) is 0 Å². The van der Waals surface area contributed by atoms with Gasteiger partial charge in [-0.05, 0) is 60.0 Å². The second-order valence-electron chi connectivity index (χ2n) is 8.06. The van der Waals surface area contributed by atoms with Gasteiger partial charge in [0.1, 0.15) is 29.0 Å². The number of aliphatic hydroxyl groups excluding tert-OH is 1. The molecule has 4 aromatic rings. The van der Waals surface area contributed by atoms with Gasteiger partial charge in [0.05, 0.1) is 23.3 Å². The van der Waals surface area contributed by atoms with E-state index in [1.54, 1.807) is 30.3 Å². The number of halogens is 2. The Labute approximate surface area is 226 Å². The molecule has 3 aromatic carbocycles. The Morgan fingerprint density at radius 1 is 0.946 bits per heavy atom. The highest BCUT2D eigenvalue weighted by Crippen LogP contribution is 2.46. The Balaban J connectivity index is 1.60. The molecule has 5 rings (SSSR count). The summed E-state index contributed by atoms with van der Waals surface area (Å²) in [4.78, 5) is 28.8. The molecule has 186 valence electrons.